The zero-order chi connectivity index (χ0) is 11.5. The Hall–Kier alpha value is -1.07. The Bertz CT molecular complexity index is 379. The number of hydrogen-bond donors (Lipinski definition) is 2. The third-order valence-electron chi connectivity index (χ3n) is 3.07. The largest absolute Gasteiger partial charge is 0.349 e. The lowest BCUT2D eigenvalue weighted by Crippen LogP contribution is -2.48. The van der Waals surface area contributed by atoms with Gasteiger partial charge in [-0.2, -0.15) is 5.10 Å². The third-order valence-corrected chi connectivity index (χ3v) is 3.07. The maximum absolute atomic E-state index is 11.9. The number of carbonyl (C=O) groups excluding carboxylic acids is 1. The van der Waals surface area contributed by atoms with Crippen LogP contribution in [0.5, 0.6) is 0 Å². The van der Waals surface area contributed by atoms with Gasteiger partial charge in [-0.15, -0.1) is 12.4 Å². The van der Waals surface area contributed by atoms with Crippen molar-refractivity contribution in [1.82, 2.24) is 20.4 Å². The third kappa shape index (κ3) is 3.44. The van der Waals surface area contributed by atoms with Crippen LogP contribution in [0.3, 0.4) is 0 Å². The number of piperidine rings is 1. The molecular weight excluding hydrogens is 240 g/mol. The standard InChI is InChI=1S/C11H18N4O.ClH/c1-8-5-12-4-3-10(8)14-11(16)9-6-13-15(2)7-9;/h6-8,10,12H,3-5H2,1-2H3,(H,14,16);1H. The van der Waals surface area contributed by atoms with Gasteiger partial charge in [0.25, 0.3) is 5.91 Å². The van der Waals surface area contributed by atoms with Crippen molar-refractivity contribution in [3.8, 4) is 0 Å². The molecule has 0 radical (unpaired) electrons. The molecule has 1 saturated heterocycles. The van der Waals surface area contributed by atoms with Crippen molar-refractivity contribution in [2.45, 2.75) is 19.4 Å². The van der Waals surface area contributed by atoms with Gasteiger partial charge in [0.2, 0.25) is 0 Å². The second-order valence-corrected chi connectivity index (χ2v) is 4.45. The van der Waals surface area contributed by atoms with Crippen molar-refractivity contribution in [3.05, 3.63) is 18.0 Å². The molecule has 2 rings (SSSR count). The summed E-state index contributed by atoms with van der Waals surface area (Å²) in [6.45, 7) is 4.10. The Morgan fingerprint density at radius 2 is 2.41 bits per heavy atom. The minimum atomic E-state index is -0.0214. The Morgan fingerprint density at radius 1 is 1.65 bits per heavy atom. The van der Waals surface area contributed by atoms with E-state index in [1.165, 1.54) is 0 Å². The molecule has 5 nitrogen and oxygen atoms in total. The van der Waals surface area contributed by atoms with E-state index in [-0.39, 0.29) is 24.4 Å². The van der Waals surface area contributed by atoms with Crippen molar-refractivity contribution in [2.24, 2.45) is 13.0 Å². The van der Waals surface area contributed by atoms with Crippen LogP contribution in [-0.2, 0) is 7.05 Å². The summed E-state index contributed by atoms with van der Waals surface area (Å²) in [5.74, 6) is 0.459. The molecule has 0 bridgehead atoms. The molecule has 1 amide bonds. The van der Waals surface area contributed by atoms with Gasteiger partial charge in [-0.3, -0.25) is 9.48 Å². The van der Waals surface area contributed by atoms with E-state index in [0.29, 0.717) is 11.5 Å². The summed E-state index contributed by atoms with van der Waals surface area (Å²) in [5.41, 5.74) is 0.633. The lowest BCUT2D eigenvalue weighted by atomic mass is 9.95. The molecule has 1 aliphatic heterocycles. The Balaban J connectivity index is 0.00000144. The molecule has 0 aliphatic carbocycles. The number of hydrogen-bond acceptors (Lipinski definition) is 3. The number of amides is 1. The Kier molecular flexibility index (Phi) is 4.96. The molecule has 0 saturated carbocycles. The molecule has 1 aliphatic rings. The van der Waals surface area contributed by atoms with Gasteiger partial charge in [-0.1, -0.05) is 6.92 Å². The van der Waals surface area contributed by atoms with E-state index in [9.17, 15) is 4.79 Å². The first-order valence-electron chi connectivity index (χ1n) is 5.67. The van der Waals surface area contributed by atoms with Crippen LogP contribution in [0.1, 0.15) is 23.7 Å². The van der Waals surface area contributed by atoms with E-state index in [4.69, 9.17) is 0 Å². The molecular formula is C11H19ClN4O. The first-order chi connectivity index (χ1) is 7.66. The fourth-order valence-electron chi connectivity index (χ4n) is 2.02. The van der Waals surface area contributed by atoms with Crippen molar-refractivity contribution >= 4 is 18.3 Å². The number of nitrogens with one attached hydrogen (secondary N) is 2. The maximum atomic E-state index is 11.9. The minimum absolute atomic E-state index is 0. The van der Waals surface area contributed by atoms with Crippen LogP contribution < -0.4 is 10.6 Å². The van der Waals surface area contributed by atoms with E-state index in [2.05, 4.69) is 22.7 Å². The lowest BCUT2D eigenvalue weighted by molar-refractivity contribution is 0.0914. The summed E-state index contributed by atoms with van der Waals surface area (Å²) in [5, 5.41) is 10.4. The van der Waals surface area contributed by atoms with Crippen LogP contribution in [0.15, 0.2) is 12.4 Å². The average molecular weight is 259 g/mol. The molecule has 2 heterocycles. The topological polar surface area (TPSA) is 58.9 Å². The van der Waals surface area contributed by atoms with Crippen LogP contribution in [0.2, 0.25) is 0 Å². The SMILES string of the molecule is CC1CNCCC1NC(=O)c1cnn(C)c1.Cl. The molecule has 2 atom stereocenters. The lowest BCUT2D eigenvalue weighted by Gasteiger charge is -2.30. The smallest absolute Gasteiger partial charge is 0.254 e. The van der Waals surface area contributed by atoms with Crippen LogP contribution >= 0.6 is 12.4 Å². The molecule has 1 aromatic rings. The van der Waals surface area contributed by atoms with Crippen molar-refractivity contribution < 1.29 is 4.79 Å². The molecule has 2 N–H and O–H groups in total. The zero-order valence-electron chi connectivity index (χ0n) is 10.1. The monoisotopic (exact) mass is 258 g/mol. The minimum Gasteiger partial charge on any atom is -0.349 e. The second kappa shape index (κ2) is 6.02. The number of carbonyl (C=O) groups is 1. The predicted molar refractivity (Wildman–Crippen MR) is 68.4 cm³/mol. The van der Waals surface area contributed by atoms with Crippen LogP contribution in [-0.4, -0.2) is 34.8 Å². The van der Waals surface area contributed by atoms with E-state index >= 15 is 0 Å². The Labute approximate surface area is 107 Å². The average Bonchev–Trinajstić information content (AvgIpc) is 2.68. The summed E-state index contributed by atoms with van der Waals surface area (Å²) in [7, 11) is 1.81. The van der Waals surface area contributed by atoms with Crippen molar-refractivity contribution in [1.29, 1.82) is 0 Å². The summed E-state index contributed by atoms with van der Waals surface area (Å²) in [4.78, 5) is 11.9. The highest BCUT2D eigenvalue weighted by molar-refractivity contribution is 5.93. The molecule has 0 spiro atoms. The summed E-state index contributed by atoms with van der Waals surface area (Å²) in [6, 6.07) is 0.272. The van der Waals surface area contributed by atoms with Gasteiger partial charge < -0.3 is 10.6 Å². The van der Waals surface area contributed by atoms with Gasteiger partial charge >= 0.3 is 0 Å². The second-order valence-electron chi connectivity index (χ2n) is 4.45. The van der Waals surface area contributed by atoms with E-state index in [1.54, 1.807) is 17.1 Å². The predicted octanol–water partition coefficient (Wildman–Crippen LogP) is 0.570. The van der Waals surface area contributed by atoms with Gasteiger partial charge in [0.15, 0.2) is 0 Å². The number of rotatable bonds is 2. The first kappa shape index (κ1) is 14.0. The fraction of sp³-hybridized carbons (Fsp3) is 0.636. The molecule has 1 aromatic heterocycles. The number of aromatic nitrogens is 2. The van der Waals surface area contributed by atoms with Crippen molar-refractivity contribution in [2.75, 3.05) is 13.1 Å². The molecule has 0 aromatic carbocycles. The highest BCUT2D eigenvalue weighted by Crippen LogP contribution is 2.11. The van der Waals surface area contributed by atoms with Gasteiger partial charge in [0, 0.05) is 19.3 Å². The summed E-state index contributed by atoms with van der Waals surface area (Å²) >= 11 is 0. The molecule has 6 heteroatoms. The summed E-state index contributed by atoms with van der Waals surface area (Å²) in [6.07, 6.45) is 4.33. The quantitative estimate of drug-likeness (QED) is 0.816. The van der Waals surface area contributed by atoms with Gasteiger partial charge in [0.05, 0.1) is 11.8 Å². The van der Waals surface area contributed by atoms with Gasteiger partial charge in [0.1, 0.15) is 0 Å². The maximum Gasteiger partial charge on any atom is 0.254 e. The fourth-order valence-corrected chi connectivity index (χ4v) is 2.02. The first-order valence-corrected chi connectivity index (χ1v) is 5.67. The van der Waals surface area contributed by atoms with Crippen molar-refractivity contribution in [3.63, 3.8) is 0 Å². The van der Waals surface area contributed by atoms with E-state index in [1.807, 2.05) is 7.05 Å². The van der Waals surface area contributed by atoms with Crippen LogP contribution in [0.25, 0.3) is 0 Å². The highest BCUT2D eigenvalue weighted by Gasteiger charge is 2.23. The molecule has 2 unspecified atom stereocenters. The van der Waals surface area contributed by atoms with E-state index in [0.717, 1.165) is 19.5 Å². The Morgan fingerprint density at radius 3 is 3.00 bits per heavy atom. The van der Waals surface area contributed by atoms with E-state index < -0.39 is 0 Å². The molecule has 96 valence electrons. The zero-order valence-corrected chi connectivity index (χ0v) is 11.0. The van der Waals surface area contributed by atoms with Crippen LogP contribution in [0.4, 0.5) is 0 Å². The van der Waals surface area contributed by atoms with Gasteiger partial charge in [-0.25, -0.2) is 0 Å². The molecule has 17 heavy (non-hydrogen) atoms. The van der Waals surface area contributed by atoms with Crippen LogP contribution in [0, 0.1) is 5.92 Å². The highest BCUT2D eigenvalue weighted by atomic mass is 35.5. The number of nitrogens with zero attached hydrogens (tertiary/aromatic N) is 2. The summed E-state index contributed by atoms with van der Waals surface area (Å²) < 4.78 is 1.64. The number of halogens is 1. The molecule has 1 fully saturated rings. The normalized spacial score (nSPS) is 23.9. The van der Waals surface area contributed by atoms with Gasteiger partial charge in [-0.05, 0) is 25.4 Å². The number of aryl methyl sites for hydroxylation is 1.